The third-order valence-electron chi connectivity index (χ3n) is 2.51. The van der Waals surface area contributed by atoms with Crippen molar-refractivity contribution in [2.24, 2.45) is 16.5 Å². The first-order valence-electron chi connectivity index (χ1n) is 5.77. The number of unbranched alkanes of at least 4 members (excludes halogenated alkanes) is 1. The van der Waals surface area contributed by atoms with Gasteiger partial charge in [0.05, 0.1) is 5.84 Å². The van der Waals surface area contributed by atoms with Crippen molar-refractivity contribution in [3.05, 3.63) is 35.9 Å². The Morgan fingerprint density at radius 2 is 1.94 bits per heavy atom. The largest absolute Gasteiger partial charge is 0.388 e. The van der Waals surface area contributed by atoms with Crippen LogP contribution in [0.5, 0.6) is 0 Å². The molecule has 1 atom stereocenters. The van der Waals surface area contributed by atoms with Crippen LogP contribution in [0.2, 0.25) is 0 Å². The zero-order valence-corrected chi connectivity index (χ0v) is 9.89. The van der Waals surface area contributed by atoms with E-state index in [4.69, 9.17) is 11.5 Å². The highest BCUT2D eigenvalue weighted by molar-refractivity contribution is 5.77. The molecule has 1 unspecified atom stereocenters. The molecule has 16 heavy (non-hydrogen) atoms. The molecular weight excluding hydrogens is 198 g/mol. The van der Waals surface area contributed by atoms with Gasteiger partial charge in [0.2, 0.25) is 0 Å². The zero-order chi connectivity index (χ0) is 11.8. The van der Waals surface area contributed by atoms with E-state index >= 15 is 0 Å². The van der Waals surface area contributed by atoms with E-state index in [1.54, 1.807) is 0 Å². The van der Waals surface area contributed by atoms with Crippen LogP contribution in [-0.2, 0) is 0 Å². The Morgan fingerprint density at radius 1 is 1.25 bits per heavy atom. The highest BCUT2D eigenvalue weighted by atomic mass is 14.8. The number of benzene rings is 1. The van der Waals surface area contributed by atoms with Gasteiger partial charge in [-0.15, -0.1) is 0 Å². The second-order valence-corrected chi connectivity index (χ2v) is 4.04. The van der Waals surface area contributed by atoms with Gasteiger partial charge in [0.15, 0.2) is 0 Å². The van der Waals surface area contributed by atoms with Gasteiger partial charge in [-0.3, -0.25) is 4.99 Å². The first-order valence-corrected chi connectivity index (χ1v) is 5.77. The van der Waals surface area contributed by atoms with Gasteiger partial charge in [0.25, 0.3) is 0 Å². The molecular formula is C13H21N3. The molecule has 0 saturated carbocycles. The summed E-state index contributed by atoms with van der Waals surface area (Å²) in [6.07, 6.45) is 3.14. The van der Waals surface area contributed by atoms with Gasteiger partial charge < -0.3 is 11.5 Å². The predicted molar refractivity (Wildman–Crippen MR) is 69.4 cm³/mol. The number of hydrogen-bond acceptors (Lipinski definition) is 2. The summed E-state index contributed by atoms with van der Waals surface area (Å²) >= 11 is 0. The van der Waals surface area contributed by atoms with E-state index in [0.717, 1.165) is 25.8 Å². The van der Waals surface area contributed by atoms with Gasteiger partial charge >= 0.3 is 0 Å². The van der Waals surface area contributed by atoms with Crippen molar-refractivity contribution in [3.63, 3.8) is 0 Å². The Kier molecular flexibility index (Phi) is 5.57. The molecule has 0 heterocycles. The maximum Gasteiger partial charge on any atom is 0.0905 e. The fraction of sp³-hybridized carbons (Fsp3) is 0.462. The number of hydrogen-bond donors (Lipinski definition) is 2. The fourth-order valence-corrected chi connectivity index (χ4v) is 1.60. The predicted octanol–water partition coefficient (Wildman–Crippen LogP) is 2.23. The summed E-state index contributed by atoms with van der Waals surface area (Å²) in [5.41, 5.74) is 12.7. The fourth-order valence-electron chi connectivity index (χ4n) is 1.60. The monoisotopic (exact) mass is 219 g/mol. The molecule has 0 aliphatic heterocycles. The topological polar surface area (TPSA) is 64.4 Å². The smallest absolute Gasteiger partial charge is 0.0905 e. The lowest BCUT2D eigenvalue weighted by Crippen LogP contribution is -2.10. The minimum atomic E-state index is 0.143. The summed E-state index contributed by atoms with van der Waals surface area (Å²) < 4.78 is 0. The first kappa shape index (κ1) is 12.7. The van der Waals surface area contributed by atoms with Gasteiger partial charge in [-0.2, -0.15) is 0 Å². The average molecular weight is 219 g/mol. The van der Waals surface area contributed by atoms with Crippen molar-refractivity contribution in [3.8, 4) is 0 Å². The highest BCUT2D eigenvalue weighted by Crippen LogP contribution is 2.15. The summed E-state index contributed by atoms with van der Waals surface area (Å²) in [5, 5.41) is 0. The molecule has 0 fully saturated rings. The molecule has 0 spiro atoms. The van der Waals surface area contributed by atoms with Crippen molar-refractivity contribution in [2.45, 2.75) is 32.2 Å². The number of nitrogens with two attached hydrogens (primary N) is 2. The molecule has 1 rings (SSSR count). The van der Waals surface area contributed by atoms with Crippen molar-refractivity contribution < 1.29 is 0 Å². The normalized spacial score (nSPS) is 13.8. The van der Waals surface area contributed by atoms with Crippen LogP contribution in [0, 0.1) is 0 Å². The number of amidine groups is 1. The standard InChI is InChI=1S/C13H21N3/c1-11(14)16-10-6-5-9-13(15)12-7-3-2-4-8-12/h2-4,7-8,13H,5-6,9-10,15H2,1H3,(H2,14,16). The van der Waals surface area contributed by atoms with Crippen LogP contribution in [0.15, 0.2) is 35.3 Å². The lowest BCUT2D eigenvalue weighted by molar-refractivity contribution is 0.591. The van der Waals surface area contributed by atoms with Gasteiger partial charge in [-0.05, 0) is 31.7 Å². The Labute approximate surface area is 97.6 Å². The summed E-state index contributed by atoms with van der Waals surface area (Å²) in [6.45, 7) is 2.62. The maximum atomic E-state index is 6.08. The molecule has 0 aliphatic rings. The molecule has 0 amide bonds. The third-order valence-corrected chi connectivity index (χ3v) is 2.51. The van der Waals surface area contributed by atoms with E-state index in [2.05, 4.69) is 17.1 Å². The molecule has 0 aromatic heterocycles. The number of aliphatic imine (C=N–C) groups is 1. The molecule has 0 saturated heterocycles. The van der Waals surface area contributed by atoms with Gasteiger partial charge in [-0.1, -0.05) is 30.3 Å². The molecule has 1 aromatic rings. The number of rotatable bonds is 6. The van der Waals surface area contributed by atoms with Crippen LogP contribution < -0.4 is 11.5 Å². The molecule has 0 aliphatic carbocycles. The average Bonchev–Trinajstić information content (AvgIpc) is 2.29. The van der Waals surface area contributed by atoms with E-state index in [1.165, 1.54) is 5.56 Å². The van der Waals surface area contributed by atoms with Crippen molar-refractivity contribution in [1.29, 1.82) is 0 Å². The maximum absolute atomic E-state index is 6.08. The Bertz CT molecular complexity index is 315. The van der Waals surface area contributed by atoms with Gasteiger partial charge in [-0.25, -0.2) is 0 Å². The van der Waals surface area contributed by atoms with Crippen LogP contribution in [0.3, 0.4) is 0 Å². The van der Waals surface area contributed by atoms with Crippen molar-refractivity contribution in [1.82, 2.24) is 0 Å². The summed E-state index contributed by atoms with van der Waals surface area (Å²) in [4.78, 5) is 4.15. The SMILES string of the molecule is CC(N)=NCCCCC(N)c1ccccc1. The zero-order valence-electron chi connectivity index (χ0n) is 9.89. The molecule has 3 heteroatoms. The second-order valence-electron chi connectivity index (χ2n) is 4.04. The second kappa shape index (κ2) is 7.01. The van der Waals surface area contributed by atoms with Crippen LogP contribution >= 0.6 is 0 Å². The summed E-state index contributed by atoms with van der Waals surface area (Å²) in [5.74, 6) is 0.660. The van der Waals surface area contributed by atoms with Crippen LogP contribution in [-0.4, -0.2) is 12.4 Å². The third kappa shape index (κ3) is 4.94. The van der Waals surface area contributed by atoms with E-state index in [-0.39, 0.29) is 6.04 Å². The van der Waals surface area contributed by atoms with Crippen LogP contribution in [0.4, 0.5) is 0 Å². The van der Waals surface area contributed by atoms with E-state index in [1.807, 2.05) is 25.1 Å². The molecule has 88 valence electrons. The van der Waals surface area contributed by atoms with Gasteiger partial charge in [0.1, 0.15) is 0 Å². The van der Waals surface area contributed by atoms with Crippen molar-refractivity contribution in [2.75, 3.05) is 6.54 Å². The number of nitrogens with zero attached hydrogens (tertiary/aromatic N) is 1. The molecule has 0 bridgehead atoms. The van der Waals surface area contributed by atoms with Gasteiger partial charge in [0, 0.05) is 12.6 Å². The Balaban J connectivity index is 2.21. The molecule has 1 aromatic carbocycles. The summed E-state index contributed by atoms with van der Waals surface area (Å²) in [6, 6.07) is 10.4. The first-order chi connectivity index (χ1) is 7.70. The quantitative estimate of drug-likeness (QED) is 0.438. The van der Waals surface area contributed by atoms with Crippen LogP contribution in [0.1, 0.15) is 37.8 Å². The molecule has 0 radical (unpaired) electrons. The lowest BCUT2D eigenvalue weighted by Gasteiger charge is -2.10. The Morgan fingerprint density at radius 3 is 2.56 bits per heavy atom. The lowest BCUT2D eigenvalue weighted by atomic mass is 10.0. The van der Waals surface area contributed by atoms with Crippen LogP contribution in [0.25, 0.3) is 0 Å². The van der Waals surface area contributed by atoms with E-state index in [9.17, 15) is 0 Å². The highest BCUT2D eigenvalue weighted by Gasteiger charge is 2.03. The van der Waals surface area contributed by atoms with E-state index < -0.39 is 0 Å². The molecule has 4 N–H and O–H groups in total. The van der Waals surface area contributed by atoms with Crippen molar-refractivity contribution >= 4 is 5.84 Å². The molecule has 3 nitrogen and oxygen atoms in total. The minimum absolute atomic E-state index is 0.143. The minimum Gasteiger partial charge on any atom is -0.388 e. The Hall–Kier alpha value is -1.35. The summed E-state index contributed by atoms with van der Waals surface area (Å²) in [7, 11) is 0. The van der Waals surface area contributed by atoms with E-state index in [0.29, 0.717) is 5.84 Å².